The highest BCUT2D eigenvalue weighted by Crippen LogP contribution is 2.24. The van der Waals surface area contributed by atoms with Crippen molar-refractivity contribution in [2.24, 2.45) is 0 Å². The minimum absolute atomic E-state index is 0.0872. The number of benzene rings is 1. The lowest BCUT2D eigenvalue weighted by Gasteiger charge is -2.25. The molecule has 5 nitrogen and oxygen atoms in total. The van der Waals surface area contributed by atoms with Crippen LogP contribution in [0.3, 0.4) is 0 Å². The number of anilines is 1. The smallest absolute Gasteiger partial charge is 0.255 e. The van der Waals surface area contributed by atoms with Gasteiger partial charge in [-0.1, -0.05) is 17.7 Å². The van der Waals surface area contributed by atoms with E-state index in [1.807, 2.05) is 0 Å². The van der Waals surface area contributed by atoms with Crippen LogP contribution < -0.4 is 5.73 Å². The molecule has 2 rings (SSSR count). The Morgan fingerprint density at radius 3 is 2.53 bits per heavy atom. The lowest BCUT2D eigenvalue weighted by Crippen LogP contribution is -2.45. The molecule has 0 bridgehead atoms. The van der Waals surface area contributed by atoms with E-state index in [9.17, 15) is 9.59 Å². The number of halogens is 1. The molecule has 1 heterocycles. The van der Waals surface area contributed by atoms with Gasteiger partial charge in [-0.25, -0.2) is 0 Å². The van der Waals surface area contributed by atoms with Crippen LogP contribution in [0, 0.1) is 0 Å². The molecule has 2 N–H and O–H groups in total. The maximum Gasteiger partial charge on any atom is 0.255 e. The Hall–Kier alpha value is -1.59. The molecule has 1 aliphatic rings. The SMILES string of the molecule is Nc1cccc(Cl)c1CN1C(=O)COCC1=O. The number of rotatable bonds is 2. The Balaban J connectivity index is 2.25. The van der Waals surface area contributed by atoms with E-state index < -0.39 is 0 Å². The summed E-state index contributed by atoms with van der Waals surface area (Å²) in [6, 6.07) is 5.06. The molecule has 0 unspecified atom stereocenters. The lowest BCUT2D eigenvalue weighted by atomic mass is 10.1. The first-order valence-electron chi connectivity index (χ1n) is 5.03. The van der Waals surface area contributed by atoms with Gasteiger partial charge in [0.2, 0.25) is 0 Å². The van der Waals surface area contributed by atoms with Crippen molar-refractivity contribution in [2.45, 2.75) is 6.54 Å². The average Bonchev–Trinajstić information content (AvgIpc) is 2.27. The Kier molecular flexibility index (Phi) is 3.31. The van der Waals surface area contributed by atoms with Crippen LogP contribution in [-0.4, -0.2) is 29.9 Å². The lowest BCUT2D eigenvalue weighted by molar-refractivity contribution is -0.159. The van der Waals surface area contributed by atoms with Crippen LogP contribution in [0.5, 0.6) is 0 Å². The highest BCUT2D eigenvalue weighted by atomic mass is 35.5. The number of hydrogen-bond acceptors (Lipinski definition) is 4. The molecule has 6 heteroatoms. The fourth-order valence-corrected chi connectivity index (χ4v) is 1.84. The van der Waals surface area contributed by atoms with Gasteiger partial charge < -0.3 is 10.5 Å². The molecular formula is C11H11ClN2O3. The summed E-state index contributed by atoms with van der Waals surface area (Å²) in [5, 5.41) is 0.442. The fraction of sp³-hybridized carbons (Fsp3) is 0.273. The van der Waals surface area contributed by atoms with Crippen LogP contribution in [0.15, 0.2) is 18.2 Å². The van der Waals surface area contributed by atoms with Gasteiger partial charge in [-0.3, -0.25) is 14.5 Å². The van der Waals surface area contributed by atoms with Crippen molar-refractivity contribution in [3.63, 3.8) is 0 Å². The van der Waals surface area contributed by atoms with E-state index in [0.29, 0.717) is 16.3 Å². The monoisotopic (exact) mass is 254 g/mol. The summed E-state index contributed by atoms with van der Waals surface area (Å²) in [6.07, 6.45) is 0. The predicted molar refractivity (Wildman–Crippen MR) is 62.2 cm³/mol. The van der Waals surface area contributed by atoms with Gasteiger partial charge >= 0.3 is 0 Å². The second kappa shape index (κ2) is 4.73. The number of hydrogen-bond donors (Lipinski definition) is 1. The third-order valence-corrected chi connectivity index (χ3v) is 2.88. The van der Waals surface area contributed by atoms with Gasteiger partial charge in [0.15, 0.2) is 0 Å². The Labute approximate surface area is 103 Å². The summed E-state index contributed by atoms with van der Waals surface area (Å²) in [6.45, 7) is -0.0846. The molecular weight excluding hydrogens is 244 g/mol. The van der Waals surface area contributed by atoms with Crippen molar-refractivity contribution >= 4 is 29.1 Å². The fourth-order valence-electron chi connectivity index (χ4n) is 1.60. The van der Waals surface area contributed by atoms with Crippen LogP contribution in [0.1, 0.15) is 5.56 Å². The first kappa shape index (κ1) is 11.9. The molecule has 0 atom stereocenters. The number of amides is 2. The van der Waals surface area contributed by atoms with Crippen LogP contribution >= 0.6 is 11.6 Å². The van der Waals surface area contributed by atoms with Crippen molar-refractivity contribution in [3.05, 3.63) is 28.8 Å². The predicted octanol–water partition coefficient (Wildman–Crippen LogP) is 0.808. The zero-order chi connectivity index (χ0) is 12.4. The van der Waals surface area contributed by atoms with E-state index >= 15 is 0 Å². The molecule has 1 aromatic rings. The van der Waals surface area contributed by atoms with Gasteiger partial charge in [0.05, 0.1) is 6.54 Å². The summed E-state index contributed by atoms with van der Waals surface area (Å²) in [4.78, 5) is 24.2. The van der Waals surface area contributed by atoms with Gasteiger partial charge in [0, 0.05) is 16.3 Å². The van der Waals surface area contributed by atoms with E-state index in [1.54, 1.807) is 18.2 Å². The van der Waals surface area contributed by atoms with Gasteiger partial charge in [-0.05, 0) is 12.1 Å². The summed E-state index contributed by atoms with van der Waals surface area (Å²) in [7, 11) is 0. The minimum Gasteiger partial charge on any atom is -0.398 e. The van der Waals surface area contributed by atoms with Crippen LogP contribution in [0.25, 0.3) is 0 Å². The highest BCUT2D eigenvalue weighted by Gasteiger charge is 2.27. The molecule has 1 aliphatic heterocycles. The van der Waals surface area contributed by atoms with Gasteiger partial charge in [0.1, 0.15) is 13.2 Å². The van der Waals surface area contributed by atoms with E-state index in [-0.39, 0.29) is 31.6 Å². The standard InChI is InChI=1S/C11H11ClN2O3/c12-8-2-1-3-9(13)7(8)4-14-10(15)5-17-6-11(14)16/h1-3H,4-6,13H2. The second-order valence-electron chi connectivity index (χ2n) is 3.67. The molecule has 0 aliphatic carbocycles. The number of carbonyl (C=O) groups excluding carboxylic acids is 2. The molecule has 17 heavy (non-hydrogen) atoms. The molecule has 0 saturated carbocycles. The quantitative estimate of drug-likeness (QED) is 0.626. The molecule has 90 valence electrons. The Morgan fingerprint density at radius 2 is 1.94 bits per heavy atom. The van der Waals surface area contributed by atoms with Gasteiger partial charge in [-0.2, -0.15) is 0 Å². The Morgan fingerprint density at radius 1 is 1.29 bits per heavy atom. The maximum absolute atomic E-state index is 11.5. The van der Waals surface area contributed by atoms with E-state index in [4.69, 9.17) is 22.1 Å². The van der Waals surface area contributed by atoms with Crippen LogP contribution in [0.2, 0.25) is 5.02 Å². The van der Waals surface area contributed by atoms with Gasteiger partial charge in [-0.15, -0.1) is 0 Å². The Bertz CT molecular complexity index is 440. The van der Waals surface area contributed by atoms with Crippen molar-refractivity contribution < 1.29 is 14.3 Å². The average molecular weight is 255 g/mol. The normalized spacial score (nSPS) is 16.4. The molecule has 0 spiro atoms. The van der Waals surface area contributed by atoms with Gasteiger partial charge in [0.25, 0.3) is 11.8 Å². The van der Waals surface area contributed by atoms with Crippen molar-refractivity contribution in [1.29, 1.82) is 0 Å². The van der Waals surface area contributed by atoms with Crippen LogP contribution in [-0.2, 0) is 20.9 Å². The highest BCUT2D eigenvalue weighted by molar-refractivity contribution is 6.31. The third kappa shape index (κ3) is 2.40. The summed E-state index contributed by atoms with van der Waals surface area (Å²) < 4.78 is 4.82. The first-order chi connectivity index (χ1) is 8.09. The number of imide groups is 1. The van der Waals surface area contributed by atoms with Crippen molar-refractivity contribution in [2.75, 3.05) is 18.9 Å². The molecule has 1 saturated heterocycles. The zero-order valence-electron chi connectivity index (χ0n) is 8.98. The molecule has 0 radical (unpaired) electrons. The summed E-state index contributed by atoms with van der Waals surface area (Å²) in [5.41, 5.74) is 6.81. The molecule has 1 aromatic carbocycles. The zero-order valence-corrected chi connectivity index (χ0v) is 9.74. The molecule has 2 amide bonds. The summed E-state index contributed by atoms with van der Waals surface area (Å²) in [5.74, 6) is -0.749. The third-order valence-electron chi connectivity index (χ3n) is 2.52. The molecule has 0 aromatic heterocycles. The summed E-state index contributed by atoms with van der Waals surface area (Å²) >= 11 is 5.98. The van der Waals surface area contributed by atoms with E-state index in [1.165, 1.54) is 0 Å². The molecule has 1 fully saturated rings. The first-order valence-corrected chi connectivity index (χ1v) is 5.41. The number of carbonyl (C=O) groups is 2. The topological polar surface area (TPSA) is 72.6 Å². The maximum atomic E-state index is 11.5. The van der Waals surface area contributed by atoms with E-state index in [2.05, 4.69) is 0 Å². The number of nitrogens with zero attached hydrogens (tertiary/aromatic N) is 1. The number of morpholine rings is 1. The van der Waals surface area contributed by atoms with Crippen molar-refractivity contribution in [1.82, 2.24) is 4.90 Å². The van der Waals surface area contributed by atoms with Crippen LogP contribution in [0.4, 0.5) is 5.69 Å². The van der Waals surface area contributed by atoms with Crippen molar-refractivity contribution in [3.8, 4) is 0 Å². The van der Waals surface area contributed by atoms with E-state index in [0.717, 1.165) is 4.90 Å². The largest absolute Gasteiger partial charge is 0.398 e. The number of nitrogens with two attached hydrogens (primary N) is 1. The number of ether oxygens (including phenoxy) is 1. The number of nitrogen functional groups attached to an aromatic ring is 1. The second-order valence-corrected chi connectivity index (χ2v) is 4.08. The minimum atomic E-state index is -0.374.